The van der Waals surface area contributed by atoms with E-state index in [1.165, 1.54) is 11.7 Å². The van der Waals surface area contributed by atoms with E-state index in [0.29, 0.717) is 17.0 Å². The summed E-state index contributed by atoms with van der Waals surface area (Å²) in [6.07, 6.45) is -0.643. The molecule has 6 heteroatoms. The Labute approximate surface area is 126 Å². The van der Waals surface area contributed by atoms with Gasteiger partial charge in [-0.25, -0.2) is 0 Å². The van der Waals surface area contributed by atoms with Crippen molar-refractivity contribution in [3.8, 4) is 11.4 Å². The standard InChI is InChI=1S/C16H15N3O3/c1-10(20)12-7-8-16(22-11(2)21)15(9-12)19-17-13-5-3-4-6-14(13)18-19/h3-10,20H,1-2H3. The lowest BCUT2D eigenvalue weighted by atomic mass is 10.1. The third kappa shape index (κ3) is 2.68. The second kappa shape index (κ2) is 5.57. The fourth-order valence-electron chi connectivity index (χ4n) is 2.16. The van der Waals surface area contributed by atoms with Crippen LogP contribution < -0.4 is 4.74 Å². The molecular weight excluding hydrogens is 282 g/mol. The third-order valence-electron chi connectivity index (χ3n) is 3.22. The molecule has 3 aromatic rings. The maximum Gasteiger partial charge on any atom is 0.308 e. The highest BCUT2D eigenvalue weighted by Gasteiger charge is 2.14. The van der Waals surface area contributed by atoms with E-state index in [9.17, 15) is 9.90 Å². The lowest BCUT2D eigenvalue weighted by Gasteiger charge is -2.11. The number of aliphatic hydroxyl groups is 1. The van der Waals surface area contributed by atoms with Gasteiger partial charge in [0.1, 0.15) is 16.7 Å². The second-order valence-corrected chi connectivity index (χ2v) is 4.97. The summed E-state index contributed by atoms with van der Waals surface area (Å²) in [4.78, 5) is 12.7. The van der Waals surface area contributed by atoms with Crippen molar-refractivity contribution < 1.29 is 14.6 Å². The van der Waals surface area contributed by atoms with Gasteiger partial charge in [-0.3, -0.25) is 4.79 Å². The summed E-state index contributed by atoms with van der Waals surface area (Å²) in [5.41, 5.74) is 2.66. The molecule has 0 fully saturated rings. The minimum atomic E-state index is -0.643. The molecule has 112 valence electrons. The van der Waals surface area contributed by atoms with E-state index in [1.54, 1.807) is 25.1 Å². The van der Waals surface area contributed by atoms with Crippen LogP contribution in [0.4, 0.5) is 0 Å². The number of hydrogen-bond acceptors (Lipinski definition) is 5. The van der Waals surface area contributed by atoms with Crippen molar-refractivity contribution in [3.05, 3.63) is 48.0 Å². The normalized spacial score (nSPS) is 12.3. The zero-order valence-electron chi connectivity index (χ0n) is 12.2. The maximum absolute atomic E-state index is 11.3. The van der Waals surface area contributed by atoms with E-state index >= 15 is 0 Å². The summed E-state index contributed by atoms with van der Waals surface area (Å²) < 4.78 is 5.21. The predicted molar refractivity (Wildman–Crippen MR) is 80.8 cm³/mol. The molecule has 0 radical (unpaired) electrons. The number of hydrogen-bond donors (Lipinski definition) is 1. The van der Waals surface area contributed by atoms with Crippen molar-refractivity contribution in [2.75, 3.05) is 0 Å². The van der Waals surface area contributed by atoms with E-state index in [0.717, 1.165) is 11.0 Å². The van der Waals surface area contributed by atoms with Gasteiger partial charge in [0.05, 0.1) is 6.10 Å². The molecule has 0 saturated heterocycles. The van der Waals surface area contributed by atoms with E-state index in [2.05, 4.69) is 10.2 Å². The smallest absolute Gasteiger partial charge is 0.308 e. The highest BCUT2D eigenvalue weighted by Crippen LogP contribution is 2.27. The van der Waals surface area contributed by atoms with Crippen molar-refractivity contribution >= 4 is 17.0 Å². The summed E-state index contributed by atoms with van der Waals surface area (Å²) >= 11 is 0. The van der Waals surface area contributed by atoms with Crippen LogP contribution in [0.15, 0.2) is 42.5 Å². The fourth-order valence-corrected chi connectivity index (χ4v) is 2.16. The number of carbonyl (C=O) groups is 1. The predicted octanol–water partition coefficient (Wildman–Crippen LogP) is 2.40. The molecule has 0 spiro atoms. The summed E-state index contributed by atoms with van der Waals surface area (Å²) in [7, 11) is 0. The molecule has 22 heavy (non-hydrogen) atoms. The first-order valence-corrected chi connectivity index (χ1v) is 6.87. The van der Waals surface area contributed by atoms with Crippen molar-refractivity contribution in [3.63, 3.8) is 0 Å². The Morgan fingerprint density at radius 3 is 2.36 bits per heavy atom. The molecule has 1 aromatic heterocycles. The summed E-state index contributed by atoms with van der Waals surface area (Å²) in [5, 5.41) is 18.5. The van der Waals surface area contributed by atoms with Crippen molar-refractivity contribution in [1.82, 2.24) is 15.0 Å². The van der Waals surface area contributed by atoms with Gasteiger partial charge in [0.2, 0.25) is 0 Å². The molecule has 0 aliphatic carbocycles. The van der Waals surface area contributed by atoms with Crippen LogP contribution in [0.5, 0.6) is 5.75 Å². The van der Waals surface area contributed by atoms with Gasteiger partial charge in [0, 0.05) is 6.92 Å². The lowest BCUT2D eigenvalue weighted by Crippen LogP contribution is -2.08. The number of nitrogens with zero attached hydrogens (tertiary/aromatic N) is 3. The van der Waals surface area contributed by atoms with Gasteiger partial charge >= 0.3 is 5.97 Å². The minimum absolute atomic E-state index is 0.345. The number of fused-ring (bicyclic) bond motifs is 1. The summed E-state index contributed by atoms with van der Waals surface area (Å²) in [6.45, 7) is 3.00. The Kier molecular flexibility index (Phi) is 3.60. The highest BCUT2D eigenvalue weighted by molar-refractivity contribution is 5.74. The molecular formula is C16H15N3O3. The molecule has 0 aliphatic heterocycles. The van der Waals surface area contributed by atoms with Crippen LogP contribution in [-0.2, 0) is 4.79 Å². The maximum atomic E-state index is 11.3. The first-order valence-electron chi connectivity index (χ1n) is 6.87. The van der Waals surface area contributed by atoms with Crippen LogP contribution in [0.1, 0.15) is 25.5 Å². The Morgan fingerprint density at radius 1 is 1.18 bits per heavy atom. The molecule has 6 nitrogen and oxygen atoms in total. The zero-order valence-corrected chi connectivity index (χ0v) is 12.2. The van der Waals surface area contributed by atoms with Gasteiger partial charge in [-0.05, 0) is 36.8 Å². The van der Waals surface area contributed by atoms with Crippen LogP contribution in [-0.4, -0.2) is 26.1 Å². The second-order valence-electron chi connectivity index (χ2n) is 4.97. The SMILES string of the molecule is CC(=O)Oc1ccc(C(C)O)cc1-n1nc2ccccc2n1. The molecule has 0 bridgehead atoms. The molecule has 2 aromatic carbocycles. The first-order chi connectivity index (χ1) is 10.5. The van der Waals surface area contributed by atoms with E-state index in [4.69, 9.17) is 4.74 Å². The van der Waals surface area contributed by atoms with Gasteiger partial charge in [-0.2, -0.15) is 0 Å². The average Bonchev–Trinajstić information content (AvgIpc) is 2.90. The Morgan fingerprint density at radius 2 is 1.82 bits per heavy atom. The molecule has 1 N–H and O–H groups in total. The van der Waals surface area contributed by atoms with E-state index in [1.807, 2.05) is 24.3 Å². The average molecular weight is 297 g/mol. The largest absolute Gasteiger partial charge is 0.424 e. The Balaban J connectivity index is 2.16. The summed E-state index contributed by atoms with van der Waals surface area (Å²) in [6, 6.07) is 12.5. The van der Waals surface area contributed by atoms with Crippen LogP contribution in [0, 0.1) is 0 Å². The number of carbonyl (C=O) groups excluding carboxylic acids is 1. The van der Waals surface area contributed by atoms with Crippen LogP contribution >= 0.6 is 0 Å². The van der Waals surface area contributed by atoms with Crippen LogP contribution in [0.2, 0.25) is 0 Å². The monoisotopic (exact) mass is 297 g/mol. The molecule has 0 aliphatic rings. The fraction of sp³-hybridized carbons (Fsp3) is 0.188. The molecule has 1 unspecified atom stereocenters. The number of esters is 1. The third-order valence-corrected chi connectivity index (χ3v) is 3.22. The number of aliphatic hydroxyl groups excluding tert-OH is 1. The molecule has 0 amide bonds. The number of benzene rings is 2. The molecule has 1 atom stereocenters. The van der Waals surface area contributed by atoms with Gasteiger partial charge in [0.15, 0.2) is 5.75 Å². The van der Waals surface area contributed by atoms with Crippen molar-refractivity contribution in [2.24, 2.45) is 0 Å². The lowest BCUT2D eigenvalue weighted by molar-refractivity contribution is -0.131. The van der Waals surface area contributed by atoms with Gasteiger partial charge in [0.25, 0.3) is 0 Å². The number of aromatic nitrogens is 3. The Hall–Kier alpha value is -2.73. The first kappa shape index (κ1) is 14.2. The Bertz CT molecular complexity index is 807. The van der Waals surface area contributed by atoms with Crippen molar-refractivity contribution in [1.29, 1.82) is 0 Å². The van der Waals surface area contributed by atoms with E-state index < -0.39 is 12.1 Å². The number of ether oxygens (including phenoxy) is 1. The van der Waals surface area contributed by atoms with Gasteiger partial charge in [-0.15, -0.1) is 15.0 Å². The highest BCUT2D eigenvalue weighted by atomic mass is 16.5. The van der Waals surface area contributed by atoms with Crippen LogP contribution in [0.3, 0.4) is 0 Å². The quantitative estimate of drug-likeness (QED) is 0.593. The molecule has 1 heterocycles. The van der Waals surface area contributed by atoms with Gasteiger partial charge < -0.3 is 9.84 Å². The molecule has 3 rings (SSSR count). The zero-order chi connectivity index (χ0) is 15.7. The van der Waals surface area contributed by atoms with Gasteiger partial charge in [-0.1, -0.05) is 18.2 Å². The van der Waals surface area contributed by atoms with E-state index in [-0.39, 0.29) is 0 Å². The minimum Gasteiger partial charge on any atom is -0.424 e. The topological polar surface area (TPSA) is 77.2 Å². The van der Waals surface area contributed by atoms with Crippen LogP contribution in [0.25, 0.3) is 16.7 Å². The number of rotatable bonds is 3. The summed E-state index contributed by atoms with van der Waals surface area (Å²) in [5.74, 6) is -0.0834. The molecule has 0 saturated carbocycles. The van der Waals surface area contributed by atoms with Crippen molar-refractivity contribution in [2.45, 2.75) is 20.0 Å².